The fraction of sp³-hybridized carbons (Fsp3) is 0.474. The number of H-pyrrole nitrogens is 2. The number of carbonyl (C=O) groups is 4. The van der Waals surface area contributed by atoms with Gasteiger partial charge in [-0.15, -0.1) is 0 Å². The lowest BCUT2D eigenvalue weighted by molar-refractivity contribution is -0.140. The summed E-state index contributed by atoms with van der Waals surface area (Å²) in [6.45, 7) is 2.02. The van der Waals surface area contributed by atoms with Crippen LogP contribution in [0.3, 0.4) is 0 Å². The molecule has 0 radical (unpaired) electrons. The van der Waals surface area contributed by atoms with Gasteiger partial charge in [-0.2, -0.15) is 0 Å². The molecule has 0 spiro atoms. The van der Waals surface area contributed by atoms with Crippen LogP contribution in [0.4, 0.5) is 9.59 Å². The second-order valence-electron chi connectivity index (χ2n) is 13.8. The Morgan fingerprint density at radius 3 is 1.85 bits per heavy atom. The maximum atomic E-state index is 13.8. The number of ether oxygens (including phenoxy) is 4. The van der Waals surface area contributed by atoms with E-state index in [4.69, 9.17) is 18.9 Å². The average Bonchev–Trinajstić information content (AvgIpc) is 4.04. The molecule has 16 heteroatoms. The molecule has 7 rings (SSSR count). The van der Waals surface area contributed by atoms with Crippen LogP contribution in [0.2, 0.25) is 0 Å². The van der Waals surface area contributed by atoms with Crippen molar-refractivity contribution >= 4 is 24.0 Å². The molecule has 4 fully saturated rings. The first-order valence-corrected chi connectivity index (χ1v) is 18.0. The van der Waals surface area contributed by atoms with Crippen LogP contribution >= 0.6 is 0 Å². The van der Waals surface area contributed by atoms with E-state index < -0.39 is 23.3 Å². The number of hydrogen-bond acceptors (Lipinski definition) is 10. The Hall–Kier alpha value is -5.84. The smallest absolute Gasteiger partial charge is 0.407 e. The van der Waals surface area contributed by atoms with Gasteiger partial charge in [0.1, 0.15) is 28.4 Å². The molecule has 54 heavy (non-hydrogen) atoms. The molecule has 0 aliphatic carbocycles. The number of nitrogens with one attached hydrogen (secondary N) is 4. The molecule has 4 aliphatic rings. The van der Waals surface area contributed by atoms with Crippen LogP contribution in [-0.2, 0) is 28.5 Å². The van der Waals surface area contributed by atoms with Crippen molar-refractivity contribution in [2.45, 2.75) is 61.7 Å². The molecule has 0 saturated carbocycles. The van der Waals surface area contributed by atoms with Gasteiger partial charge in [-0.3, -0.25) is 9.59 Å². The van der Waals surface area contributed by atoms with E-state index in [1.165, 1.54) is 14.2 Å². The van der Waals surface area contributed by atoms with Gasteiger partial charge in [0.25, 0.3) is 11.8 Å². The molecule has 4 aliphatic heterocycles. The predicted octanol–water partition coefficient (Wildman–Crippen LogP) is 2.56. The van der Waals surface area contributed by atoms with Gasteiger partial charge in [0.05, 0.1) is 57.6 Å². The molecule has 4 N–H and O–H groups in total. The van der Waals surface area contributed by atoms with Crippen LogP contribution in [-0.4, -0.2) is 119 Å². The lowest BCUT2D eigenvalue weighted by Gasteiger charge is -2.34. The summed E-state index contributed by atoms with van der Waals surface area (Å²) in [6, 6.07) is 7.14. The summed E-state index contributed by atoms with van der Waals surface area (Å²) in [5.74, 6) is 12.7. The Kier molecular flexibility index (Phi) is 10.6. The highest BCUT2D eigenvalue weighted by atomic mass is 16.5. The first-order valence-electron chi connectivity index (χ1n) is 18.0. The SMILES string of the molecule is COC(=O)N[C@@]1(C(=O)N2CCC[C@H]2c2ncc(C#CC#Cc3ccc(-c4cnc([C@@H]5CCCN5C(=O)[C@]5(NC(=O)OC)CCOC5)[nH]4)cc3)[nH]2)CCOC1. The first-order chi connectivity index (χ1) is 26.2. The number of nitrogens with zero attached hydrogens (tertiary/aromatic N) is 4. The highest BCUT2D eigenvalue weighted by Crippen LogP contribution is 2.36. The number of rotatable bonds is 7. The summed E-state index contributed by atoms with van der Waals surface area (Å²) in [4.78, 5) is 70.8. The largest absolute Gasteiger partial charge is 0.453 e. The van der Waals surface area contributed by atoms with Crippen LogP contribution in [0, 0.1) is 23.7 Å². The van der Waals surface area contributed by atoms with Crippen LogP contribution in [0.5, 0.6) is 0 Å². The van der Waals surface area contributed by atoms with Crippen molar-refractivity contribution in [2.24, 2.45) is 0 Å². The number of alkyl carbamates (subject to hydrolysis) is 2. The number of likely N-dealkylation sites (tertiary alicyclic amines) is 2. The van der Waals surface area contributed by atoms with Crippen molar-refractivity contribution in [1.82, 2.24) is 40.4 Å². The molecular formula is C38H42N8O8. The molecule has 16 nitrogen and oxygen atoms in total. The third-order valence-corrected chi connectivity index (χ3v) is 10.4. The summed E-state index contributed by atoms with van der Waals surface area (Å²) in [5.41, 5.74) is 0.739. The summed E-state index contributed by atoms with van der Waals surface area (Å²) in [5, 5.41) is 5.43. The molecule has 6 heterocycles. The minimum absolute atomic E-state index is 0.0876. The number of carbonyl (C=O) groups excluding carboxylic acids is 4. The van der Waals surface area contributed by atoms with E-state index in [0.29, 0.717) is 56.5 Å². The second-order valence-corrected chi connectivity index (χ2v) is 13.8. The van der Waals surface area contributed by atoms with Crippen LogP contribution in [0.15, 0.2) is 36.7 Å². The standard InChI is InChI=1S/C38H42N8O8/c1-51-35(49)43-37(15-19-53-23-37)33(47)45-17-5-9-29(45)31-39-21-27(41-31)8-4-3-7-25-11-13-26(14-12-25)28-22-40-32(42-28)30-10-6-18-46(30)34(48)38(16-20-54-24-38)44-36(50)52-2/h11-14,21-22,29-30H,5-6,9-10,15-20,23-24H2,1-2H3,(H,39,41)(H,40,42)(H,43,49)(H,44,50)/t29-,30-,37-,38-/m0/s1. The first kappa shape index (κ1) is 36.5. The quantitative estimate of drug-likeness (QED) is 0.262. The lowest BCUT2D eigenvalue weighted by atomic mass is 9.96. The summed E-state index contributed by atoms with van der Waals surface area (Å²) < 4.78 is 20.6. The lowest BCUT2D eigenvalue weighted by Crippen LogP contribution is -2.60. The van der Waals surface area contributed by atoms with Crippen molar-refractivity contribution < 1.29 is 38.1 Å². The zero-order valence-corrected chi connectivity index (χ0v) is 30.2. The minimum Gasteiger partial charge on any atom is -0.453 e. The number of methoxy groups -OCH3 is 2. The van der Waals surface area contributed by atoms with E-state index in [0.717, 1.165) is 42.5 Å². The highest BCUT2D eigenvalue weighted by molar-refractivity contribution is 5.91. The van der Waals surface area contributed by atoms with Crippen LogP contribution < -0.4 is 10.6 Å². The number of aromatic amines is 2. The Bertz CT molecular complexity index is 2010. The predicted molar refractivity (Wildman–Crippen MR) is 191 cm³/mol. The van der Waals surface area contributed by atoms with Crippen molar-refractivity contribution in [2.75, 3.05) is 53.7 Å². The van der Waals surface area contributed by atoms with Crippen LogP contribution in [0.25, 0.3) is 11.3 Å². The maximum Gasteiger partial charge on any atom is 0.407 e. The maximum absolute atomic E-state index is 13.8. The molecule has 4 saturated heterocycles. The van der Waals surface area contributed by atoms with E-state index in [2.05, 4.69) is 54.3 Å². The second kappa shape index (κ2) is 15.6. The van der Waals surface area contributed by atoms with Gasteiger partial charge in [0.2, 0.25) is 0 Å². The summed E-state index contributed by atoms with van der Waals surface area (Å²) in [7, 11) is 2.54. The number of aromatic nitrogens is 4. The van der Waals surface area contributed by atoms with Gasteiger partial charge < -0.3 is 49.3 Å². The van der Waals surface area contributed by atoms with E-state index in [9.17, 15) is 19.2 Å². The Labute approximate surface area is 312 Å². The summed E-state index contributed by atoms with van der Waals surface area (Å²) >= 11 is 0. The van der Waals surface area contributed by atoms with Gasteiger partial charge in [-0.1, -0.05) is 18.1 Å². The number of imidazole rings is 2. The number of benzene rings is 1. The van der Waals surface area contributed by atoms with Crippen molar-refractivity contribution in [3.05, 3.63) is 59.6 Å². The average molecular weight is 739 g/mol. The monoisotopic (exact) mass is 738 g/mol. The molecule has 4 amide bonds. The molecule has 2 aromatic heterocycles. The van der Waals surface area contributed by atoms with E-state index >= 15 is 0 Å². The summed E-state index contributed by atoms with van der Waals surface area (Å²) in [6.07, 6.45) is 5.86. The van der Waals surface area contributed by atoms with Gasteiger partial charge in [-0.05, 0) is 61.1 Å². The Balaban J connectivity index is 0.973. The number of amides is 4. The van der Waals surface area contributed by atoms with Gasteiger partial charge in [0, 0.05) is 44.7 Å². The molecule has 3 aromatic rings. The normalized spacial score (nSPS) is 24.6. The number of hydrogen-bond donors (Lipinski definition) is 4. The highest BCUT2D eigenvalue weighted by Gasteiger charge is 2.50. The molecule has 282 valence electrons. The van der Waals surface area contributed by atoms with Crippen molar-refractivity contribution in [3.8, 4) is 34.9 Å². The Morgan fingerprint density at radius 1 is 0.778 bits per heavy atom. The third-order valence-electron chi connectivity index (χ3n) is 10.4. The molecular weight excluding hydrogens is 696 g/mol. The fourth-order valence-electron chi connectivity index (χ4n) is 7.56. The minimum atomic E-state index is -1.17. The zero-order valence-electron chi connectivity index (χ0n) is 30.2. The Morgan fingerprint density at radius 2 is 1.31 bits per heavy atom. The van der Waals surface area contributed by atoms with Gasteiger partial charge in [0.15, 0.2) is 0 Å². The van der Waals surface area contributed by atoms with Gasteiger partial charge in [-0.25, -0.2) is 19.6 Å². The van der Waals surface area contributed by atoms with Crippen LogP contribution in [0.1, 0.15) is 73.5 Å². The van der Waals surface area contributed by atoms with Gasteiger partial charge >= 0.3 is 12.2 Å². The molecule has 0 unspecified atom stereocenters. The van der Waals surface area contributed by atoms with E-state index in [-0.39, 0.29) is 37.1 Å². The molecule has 4 atom stereocenters. The third kappa shape index (κ3) is 7.35. The van der Waals surface area contributed by atoms with E-state index in [1.54, 1.807) is 22.2 Å². The molecule has 1 aromatic carbocycles. The molecule has 0 bridgehead atoms. The van der Waals surface area contributed by atoms with Crippen molar-refractivity contribution in [3.63, 3.8) is 0 Å². The topological polar surface area (TPSA) is 193 Å². The zero-order chi connectivity index (χ0) is 37.7. The fourth-order valence-corrected chi connectivity index (χ4v) is 7.56. The van der Waals surface area contributed by atoms with E-state index in [1.807, 2.05) is 24.3 Å². The van der Waals surface area contributed by atoms with Crippen molar-refractivity contribution in [1.29, 1.82) is 0 Å².